The minimum atomic E-state index is 0.127. The summed E-state index contributed by atoms with van der Waals surface area (Å²) in [5.74, 6) is 1.56. The molecule has 2 heterocycles. The highest BCUT2D eigenvalue weighted by atomic mass is 32.2. The quantitative estimate of drug-likeness (QED) is 0.559. The molecule has 3 rings (SSSR count). The van der Waals surface area contributed by atoms with E-state index in [1.54, 1.807) is 11.8 Å². The first-order valence-corrected chi connectivity index (χ1v) is 10.3. The highest BCUT2D eigenvalue weighted by Gasteiger charge is 2.26. The molecule has 2 aromatic rings. The summed E-state index contributed by atoms with van der Waals surface area (Å²) in [5, 5.41) is 0. The Morgan fingerprint density at radius 3 is 2.80 bits per heavy atom. The van der Waals surface area contributed by atoms with Crippen LogP contribution in [0.2, 0.25) is 0 Å². The lowest BCUT2D eigenvalue weighted by molar-refractivity contribution is 0.0815. The normalized spacial score (nSPS) is 18.4. The number of carbonyl (C=O) groups is 1. The Bertz CT molecular complexity index is 695. The van der Waals surface area contributed by atoms with Crippen LogP contribution in [0.1, 0.15) is 35.9 Å². The van der Waals surface area contributed by atoms with Crippen molar-refractivity contribution in [3.63, 3.8) is 0 Å². The Morgan fingerprint density at radius 2 is 2.08 bits per heavy atom. The Labute approximate surface area is 154 Å². The van der Waals surface area contributed by atoms with Gasteiger partial charge in [-0.25, -0.2) is 4.98 Å². The molecule has 1 aliphatic heterocycles. The second kappa shape index (κ2) is 8.68. The van der Waals surface area contributed by atoms with Crippen LogP contribution >= 0.6 is 11.8 Å². The molecule has 1 saturated heterocycles. The van der Waals surface area contributed by atoms with Gasteiger partial charge in [0.2, 0.25) is 0 Å². The van der Waals surface area contributed by atoms with Crippen LogP contribution in [-0.2, 0) is 13.0 Å². The highest BCUT2D eigenvalue weighted by molar-refractivity contribution is 7.98. The third kappa shape index (κ3) is 4.53. The molecule has 5 heteroatoms. The number of hydrogen-bond acceptors (Lipinski definition) is 4. The number of benzene rings is 1. The summed E-state index contributed by atoms with van der Waals surface area (Å²) >= 11 is 1.71. The Morgan fingerprint density at radius 1 is 1.28 bits per heavy atom. The minimum Gasteiger partial charge on any atom is -0.334 e. The molecule has 4 nitrogen and oxygen atoms in total. The van der Waals surface area contributed by atoms with E-state index in [-0.39, 0.29) is 5.92 Å². The summed E-state index contributed by atoms with van der Waals surface area (Å²) in [5.41, 5.74) is 0.854. The summed E-state index contributed by atoms with van der Waals surface area (Å²) in [6.45, 7) is 6.03. The van der Waals surface area contributed by atoms with E-state index in [1.165, 1.54) is 4.90 Å². The van der Waals surface area contributed by atoms with Crippen molar-refractivity contribution in [1.29, 1.82) is 0 Å². The van der Waals surface area contributed by atoms with Crippen LogP contribution in [0.5, 0.6) is 0 Å². The predicted molar refractivity (Wildman–Crippen MR) is 103 cm³/mol. The van der Waals surface area contributed by atoms with Gasteiger partial charge in [-0.1, -0.05) is 19.1 Å². The lowest BCUT2D eigenvalue weighted by atomic mass is 9.90. The number of thioether (sulfide) groups is 1. The maximum Gasteiger partial charge on any atom is 0.167 e. The Hall–Kier alpha value is -1.59. The number of imidazole rings is 1. The van der Waals surface area contributed by atoms with Crippen LogP contribution in [0.15, 0.2) is 41.6 Å². The number of hydrogen-bond donors (Lipinski definition) is 0. The molecule has 0 amide bonds. The van der Waals surface area contributed by atoms with Gasteiger partial charge in [-0.05, 0) is 37.8 Å². The zero-order valence-electron chi connectivity index (χ0n) is 15.1. The molecule has 1 aliphatic rings. The highest BCUT2D eigenvalue weighted by Crippen LogP contribution is 2.23. The molecule has 0 aliphatic carbocycles. The number of rotatable bonds is 7. The predicted octanol–water partition coefficient (Wildman–Crippen LogP) is 3.76. The van der Waals surface area contributed by atoms with Gasteiger partial charge in [0, 0.05) is 54.8 Å². The standard InChI is InChI=1S/C20H27N3OS/c1-3-19-21-10-12-23(19)14-13-22-11-4-5-17(15-22)20(24)16-6-8-18(25-2)9-7-16/h6-10,12,17H,3-5,11,13-15H2,1-2H3/t17-/m0/s1. The lowest BCUT2D eigenvalue weighted by Gasteiger charge is -2.32. The number of aromatic nitrogens is 2. The molecule has 0 saturated carbocycles. The molecule has 0 radical (unpaired) electrons. The summed E-state index contributed by atoms with van der Waals surface area (Å²) in [6, 6.07) is 8.05. The average molecular weight is 358 g/mol. The van der Waals surface area contributed by atoms with Crippen LogP contribution in [0.25, 0.3) is 0 Å². The molecule has 25 heavy (non-hydrogen) atoms. The van der Waals surface area contributed by atoms with Gasteiger partial charge in [-0.15, -0.1) is 11.8 Å². The van der Waals surface area contributed by atoms with Gasteiger partial charge in [-0.2, -0.15) is 0 Å². The number of aryl methyl sites for hydroxylation is 1. The van der Waals surface area contributed by atoms with Crippen molar-refractivity contribution in [2.45, 2.75) is 37.6 Å². The average Bonchev–Trinajstić information content (AvgIpc) is 3.13. The van der Waals surface area contributed by atoms with E-state index in [1.807, 2.05) is 30.5 Å². The lowest BCUT2D eigenvalue weighted by Crippen LogP contribution is -2.40. The minimum absolute atomic E-state index is 0.127. The zero-order valence-corrected chi connectivity index (χ0v) is 16.0. The smallest absolute Gasteiger partial charge is 0.167 e. The van der Waals surface area contributed by atoms with E-state index in [2.05, 4.69) is 33.8 Å². The van der Waals surface area contributed by atoms with Gasteiger partial charge < -0.3 is 9.47 Å². The zero-order chi connectivity index (χ0) is 17.6. The molecule has 0 bridgehead atoms. The van der Waals surface area contributed by atoms with E-state index in [9.17, 15) is 4.79 Å². The molecule has 1 fully saturated rings. The van der Waals surface area contributed by atoms with Gasteiger partial charge in [0.1, 0.15) is 5.82 Å². The summed E-state index contributed by atoms with van der Waals surface area (Å²) in [7, 11) is 0. The number of ketones is 1. The fourth-order valence-corrected chi connectivity index (χ4v) is 3.98. The monoisotopic (exact) mass is 357 g/mol. The van der Waals surface area contributed by atoms with Crippen molar-refractivity contribution < 1.29 is 4.79 Å². The van der Waals surface area contributed by atoms with Crippen molar-refractivity contribution in [2.24, 2.45) is 5.92 Å². The van der Waals surface area contributed by atoms with Gasteiger partial charge in [0.15, 0.2) is 5.78 Å². The molecular weight excluding hydrogens is 330 g/mol. The van der Waals surface area contributed by atoms with E-state index in [0.717, 1.165) is 56.8 Å². The Balaban J connectivity index is 1.57. The van der Waals surface area contributed by atoms with Crippen LogP contribution in [-0.4, -0.2) is 46.1 Å². The van der Waals surface area contributed by atoms with Crippen LogP contribution in [0, 0.1) is 5.92 Å². The maximum atomic E-state index is 12.8. The van der Waals surface area contributed by atoms with Crippen molar-refractivity contribution in [3.05, 3.63) is 48.0 Å². The number of piperidine rings is 1. The summed E-state index contributed by atoms with van der Waals surface area (Å²) in [6.07, 6.45) is 9.05. The fraction of sp³-hybridized carbons (Fsp3) is 0.500. The molecule has 1 aromatic carbocycles. The molecule has 0 spiro atoms. The number of nitrogens with zero attached hydrogens (tertiary/aromatic N) is 3. The first-order valence-electron chi connectivity index (χ1n) is 9.12. The van der Waals surface area contributed by atoms with E-state index < -0.39 is 0 Å². The number of carbonyl (C=O) groups excluding carboxylic acids is 1. The van der Waals surface area contributed by atoms with E-state index in [4.69, 9.17) is 0 Å². The largest absolute Gasteiger partial charge is 0.334 e. The summed E-state index contributed by atoms with van der Waals surface area (Å²) in [4.78, 5) is 20.8. The van der Waals surface area contributed by atoms with Gasteiger partial charge in [-0.3, -0.25) is 4.79 Å². The SMILES string of the molecule is CCc1nccn1CCN1CCC[C@H](C(=O)c2ccc(SC)cc2)C1. The van der Waals surface area contributed by atoms with Crippen molar-refractivity contribution in [3.8, 4) is 0 Å². The molecule has 1 aromatic heterocycles. The molecule has 0 unspecified atom stereocenters. The van der Waals surface area contributed by atoms with E-state index >= 15 is 0 Å². The van der Waals surface area contributed by atoms with Crippen LogP contribution < -0.4 is 0 Å². The third-order valence-corrected chi connectivity index (χ3v) is 5.77. The first kappa shape index (κ1) is 18.2. The third-order valence-electron chi connectivity index (χ3n) is 5.03. The number of likely N-dealkylation sites (tertiary alicyclic amines) is 1. The fourth-order valence-electron chi connectivity index (χ4n) is 3.57. The van der Waals surface area contributed by atoms with Crippen molar-refractivity contribution >= 4 is 17.5 Å². The maximum absolute atomic E-state index is 12.8. The second-order valence-electron chi connectivity index (χ2n) is 6.62. The van der Waals surface area contributed by atoms with Gasteiger partial charge in [0.05, 0.1) is 0 Å². The summed E-state index contributed by atoms with van der Waals surface area (Å²) < 4.78 is 2.23. The van der Waals surface area contributed by atoms with Crippen molar-refractivity contribution in [1.82, 2.24) is 14.5 Å². The van der Waals surface area contributed by atoms with Gasteiger partial charge in [0.25, 0.3) is 0 Å². The topological polar surface area (TPSA) is 38.1 Å². The number of Topliss-reactive ketones (excluding diaryl/α,β-unsaturated/α-hetero) is 1. The molecule has 1 atom stereocenters. The molecule has 134 valence electrons. The van der Waals surface area contributed by atoms with Crippen molar-refractivity contribution in [2.75, 3.05) is 25.9 Å². The first-order chi connectivity index (χ1) is 12.2. The van der Waals surface area contributed by atoms with Crippen LogP contribution in [0.4, 0.5) is 0 Å². The Kier molecular flexibility index (Phi) is 6.32. The van der Waals surface area contributed by atoms with Crippen LogP contribution in [0.3, 0.4) is 0 Å². The molecular formula is C20H27N3OS. The second-order valence-corrected chi connectivity index (χ2v) is 7.50. The van der Waals surface area contributed by atoms with Gasteiger partial charge >= 0.3 is 0 Å². The van der Waals surface area contributed by atoms with E-state index in [0.29, 0.717) is 5.78 Å². The molecule has 0 N–H and O–H groups in total.